The van der Waals surface area contributed by atoms with Gasteiger partial charge in [0.25, 0.3) is 0 Å². The molecule has 0 amide bonds. The van der Waals surface area contributed by atoms with E-state index < -0.39 is 10.1 Å². The van der Waals surface area contributed by atoms with Crippen LogP contribution in [0.25, 0.3) is 10.2 Å². The van der Waals surface area contributed by atoms with Crippen LogP contribution in [0.4, 0.5) is 5.82 Å². The maximum Gasteiger partial charge on any atom is 0.310 e. The number of para-hydroxylation sites is 1. The fourth-order valence-electron chi connectivity index (χ4n) is 1.82. The summed E-state index contributed by atoms with van der Waals surface area (Å²) >= 11 is 2.70. The molecule has 0 aliphatic carbocycles. The summed E-state index contributed by atoms with van der Waals surface area (Å²) in [7, 11) is -3.65. The highest BCUT2D eigenvalue weighted by Crippen LogP contribution is 2.26. The van der Waals surface area contributed by atoms with Crippen molar-refractivity contribution in [3.05, 3.63) is 41.8 Å². The normalized spacial score (nSPS) is 11.7. The highest BCUT2D eigenvalue weighted by molar-refractivity contribution is 8.00. The molecular weight excluding hydrogens is 354 g/mol. The second kappa shape index (κ2) is 6.73. The van der Waals surface area contributed by atoms with E-state index >= 15 is 0 Å². The number of nitrogen functional groups attached to an aromatic ring is 1. The first-order valence-corrected chi connectivity index (χ1v) is 10.1. The van der Waals surface area contributed by atoms with Gasteiger partial charge in [0.1, 0.15) is 16.4 Å². The largest absolute Gasteiger partial charge is 0.383 e. The Labute approximate surface area is 141 Å². The average Bonchev–Trinajstić information content (AvgIpc) is 2.96. The van der Waals surface area contributed by atoms with Crippen molar-refractivity contribution < 1.29 is 12.6 Å². The highest BCUT2D eigenvalue weighted by Gasteiger charge is 2.14. The molecule has 3 rings (SSSR count). The topological polar surface area (TPSA) is 95.2 Å². The summed E-state index contributed by atoms with van der Waals surface area (Å²) in [6.07, 6.45) is 0. The molecule has 120 valence electrons. The van der Waals surface area contributed by atoms with Gasteiger partial charge in [-0.05, 0) is 23.6 Å². The van der Waals surface area contributed by atoms with Crippen LogP contribution in [0.15, 0.2) is 46.9 Å². The van der Waals surface area contributed by atoms with Gasteiger partial charge in [0.05, 0.1) is 11.1 Å². The van der Waals surface area contributed by atoms with E-state index in [-0.39, 0.29) is 11.5 Å². The monoisotopic (exact) mass is 367 g/mol. The van der Waals surface area contributed by atoms with Crippen molar-refractivity contribution >= 4 is 49.3 Å². The van der Waals surface area contributed by atoms with E-state index in [1.54, 1.807) is 30.3 Å². The molecule has 1 aromatic carbocycles. The Kier molecular flexibility index (Phi) is 4.69. The maximum absolute atomic E-state index is 11.9. The van der Waals surface area contributed by atoms with Gasteiger partial charge in [0.2, 0.25) is 0 Å². The van der Waals surface area contributed by atoms with Crippen LogP contribution in [-0.4, -0.2) is 29.9 Å². The highest BCUT2D eigenvalue weighted by atomic mass is 32.2. The lowest BCUT2D eigenvalue weighted by atomic mass is 10.3. The standard InChI is InChI=1S/C14H13N3O3S3/c15-12-11-6-7-21-13(11)17-14(16-12)22-8-9-23(18,19)20-10-4-2-1-3-5-10/h1-7H,8-9H2,(H2,15,16,17). The number of anilines is 1. The van der Waals surface area contributed by atoms with Gasteiger partial charge in [-0.2, -0.15) is 8.42 Å². The molecule has 0 radical (unpaired) electrons. The molecule has 0 bridgehead atoms. The number of nitrogens with zero attached hydrogens (tertiary/aromatic N) is 2. The summed E-state index contributed by atoms with van der Waals surface area (Å²) < 4.78 is 28.9. The Hall–Kier alpha value is -1.84. The number of hydrogen-bond donors (Lipinski definition) is 1. The van der Waals surface area contributed by atoms with E-state index in [1.165, 1.54) is 23.1 Å². The number of aromatic nitrogens is 2. The van der Waals surface area contributed by atoms with E-state index in [0.717, 1.165) is 10.2 Å². The first-order chi connectivity index (χ1) is 11.0. The summed E-state index contributed by atoms with van der Waals surface area (Å²) in [4.78, 5) is 9.33. The molecule has 6 nitrogen and oxygen atoms in total. The summed E-state index contributed by atoms with van der Waals surface area (Å²) in [5, 5.41) is 3.18. The Morgan fingerprint density at radius 2 is 1.96 bits per heavy atom. The van der Waals surface area contributed by atoms with E-state index in [2.05, 4.69) is 9.97 Å². The molecule has 0 atom stereocenters. The van der Waals surface area contributed by atoms with Gasteiger partial charge in [0.15, 0.2) is 5.16 Å². The Morgan fingerprint density at radius 3 is 2.74 bits per heavy atom. The van der Waals surface area contributed by atoms with E-state index in [1.807, 2.05) is 11.4 Å². The third kappa shape index (κ3) is 4.12. The molecule has 2 N–H and O–H groups in total. The molecule has 3 aromatic rings. The lowest BCUT2D eigenvalue weighted by Gasteiger charge is -2.06. The van der Waals surface area contributed by atoms with Gasteiger partial charge in [0, 0.05) is 5.75 Å². The van der Waals surface area contributed by atoms with Crippen LogP contribution in [0, 0.1) is 0 Å². The molecule has 0 aliphatic heterocycles. The van der Waals surface area contributed by atoms with Crippen LogP contribution in [0.5, 0.6) is 5.75 Å². The van der Waals surface area contributed by atoms with Crippen molar-refractivity contribution in [3.63, 3.8) is 0 Å². The van der Waals surface area contributed by atoms with Gasteiger partial charge in [-0.3, -0.25) is 0 Å². The van der Waals surface area contributed by atoms with Gasteiger partial charge >= 0.3 is 10.1 Å². The van der Waals surface area contributed by atoms with Crippen molar-refractivity contribution in [3.8, 4) is 5.75 Å². The smallest absolute Gasteiger partial charge is 0.310 e. The zero-order valence-electron chi connectivity index (χ0n) is 11.9. The molecule has 0 unspecified atom stereocenters. The third-order valence-corrected chi connectivity index (χ3v) is 5.93. The fraction of sp³-hybridized carbons (Fsp3) is 0.143. The predicted octanol–water partition coefficient (Wildman–Crippen LogP) is 2.77. The molecule has 2 heterocycles. The molecule has 9 heteroatoms. The zero-order valence-corrected chi connectivity index (χ0v) is 14.3. The van der Waals surface area contributed by atoms with Crippen LogP contribution in [0.3, 0.4) is 0 Å². The minimum atomic E-state index is -3.65. The first kappa shape index (κ1) is 16.0. The SMILES string of the molecule is Nc1nc(SCCS(=O)(=O)Oc2ccccc2)nc2sccc12. The van der Waals surface area contributed by atoms with Crippen LogP contribution in [0.1, 0.15) is 0 Å². The van der Waals surface area contributed by atoms with Crippen LogP contribution >= 0.6 is 23.1 Å². The average molecular weight is 367 g/mol. The van der Waals surface area contributed by atoms with E-state index in [0.29, 0.717) is 16.7 Å². The first-order valence-electron chi connectivity index (χ1n) is 6.64. The third-order valence-electron chi connectivity index (χ3n) is 2.86. The molecule has 2 aromatic heterocycles. The predicted molar refractivity (Wildman–Crippen MR) is 93.4 cm³/mol. The second-order valence-corrected chi connectivity index (χ2v) is 8.18. The maximum atomic E-state index is 11.9. The molecule has 0 fully saturated rings. The quantitative estimate of drug-likeness (QED) is 0.406. The fourth-order valence-corrected chi connectivity index (χ4v) is 4.79. The summed E-state index contributed by atoms with van der Waals surface area (Å²) in [5.41, 5.74) is 5.86. The number of thioether (sulfide) groups is 1. The summed E-state index contributed by atoms with van der Waals surface area (Å²) in [5.74, 6) is 0.851. The second-order valence-electron chi connectivity index (χ2n) is 4.54. The van der Waals surface area contributed by atoms with Crippen molar-refractivity contribution in [1.82, 2.24) is 9.97 Å². The van der Waals surface area contributed by atoms with Gasteiger partial charge in [-0.1, -0.05) is 30.0 Å². The van der Waals surface area contributed by atoms with Crippen molar-refractivity contribution in [2.75, 3.05) is 17.2 Å². The summed E-state index contributed by atoms with van der Waals surface area (Å²) in [6, 6.07) is 10.3. The minimum absolute atomic E-state index is 0.141. The number of rotatable bonds is 6. The van der Waals surface area contributed by atoms with Crippen molar-refractivity contribution in [2.45, 2.75) is 5.16 Å². The van der Waals surface area contributed by atoms with Crippen LogP contribution in [-0.2, 0) is 10.1 Å². The Bertz CT molecular complexity index is 911. The van der Waals surface area contributed by atoms with Crippen molar-refractivity contribution in [1.29, 1.82) is 0 Å². The number of fused-ring (bicyclic) bond motifs is 1. The molecule has 0 spiro atoms. The molecule has 0 saturated carbocycles. The summed E-state index contributed by atoms with van der Waals surface area (Å²) in [6.45, 7) is 0. The van der Waals surface area contributed by atoms with E-state index in [9.17, 15) is 8.42 Å². The molecule has 0 aliphatic rings. The lowest BCUT2D eigenvalue weighted by molar-refractivity contribution is 0.488. The number of thiophene rings is 1. The number of benzene rings is 1. The molecule has 23 heavy (non-hydrogen) atoms. The number of nitrogens with two attached hydrogens (primary N) is 1. The van der Waals surface area contributed by atoms with Gasteiger partial charge in [-0.25, -0.2) is 9.97 Å². The van der Waals surface area contributed by atoms with Crippen molar-refractivity contribution in [2.24, 2.45) is 0 Å². The minimum Gasteiger partial charge on any atom is -0.383 e. The Balaban J connectivity index is 1.61. The lowest BCUT2D eigenvalue weighted by Crippen LogP contribution is -2.15. The molecular formula is C14H13N3O3S3. The Morgan fingerprint density at radius 1 is 1.17 bits per heavy atom. The molecule has 0 saturated heterocycles. The van der Waals surface area contributed by atoms with Gasteiger partial charge < -0.3 is 9.92 Å². The van der Waals surface area contributed by atoms with E-state index in [4.69, 9.17) is 9.92 Å². The van der Waals surface area contributed by atoms with Crippen LogP contribution in [0.2, 0.25) is 0 Å². The van der Waals surface area contributed by atoms with Gasteiger partial charge in [-0.15, -0.1) is 11.3 Å². The zero-order chi connectivity index (χ0) is 16.3. The van der Waals surface area contributed by atoms with Crippen LogP contribution < -0.4 is 9.92 Å². The number of hydrogen-bond acceptors (Lipinski definition) is 8.